The smallest absolute Gasteiger partial charge is 0.265 e. The molecule has 2 aromatic rings. The number of anilines is 2. The fraction of sp³-hybridized carbons (Fsp3) is 0. The number of nitrogens with two attached hydrogens (primary N) is 1. The summed E-state index contributed by atoms with van der Waals surface area (Å²) in [4.78, 5) is -0.191. The van der Waals surface area contributed by atoms with Crippen molar-refractivity contribution >= 4 is 60.5 Å². The van der Waals surface area contributed by atoms with Gasteiger partial charge >= 0.3 is 0 Å². The van der Waals surface area contributed by atoms with E-state index in [1.54, 1.807) is 24.3 Å². The van der Waals surface area contributed by atoms with Gasteiger partial charge in [-0.3, -0.25) is 4.72 Å². The third-order valence-corrected chi connectivity index (χ3v) is 5.00. The maximum atomic E-state index is 12.3. The zero-order valence-electron chi connectivity index (χ0n) is 9.90. The van der Waals surface area contributed by atoms with Crippen LogP contribution in [0.15, 0.2) is 45.8 Å². The minimum absolute atomic E-state index is 0.00926. The van der Waals surface area contributed by atoms with Gasteiger partial charge in [-0.1, -0.05) is 45.2 Å². The zero-order chi connectivity index (χ0) is 14.9. The molecule has 0 aliphatic rings. The highest BCUT2D eigenvalue weighted by Crippen LogP contribution is 2.32. The molecule has 0 unspecified atom stereocenters. The Hall–Kier alpha value is -0.950. The Morgan fingerprint density at radius 1 is 1.15 bits per heavy atom. The second kappa shape index (κ2) is 5.81. The lowest BCUT2D eigenvalue weighted by Crippen LogP contribution is -2.15. The predicted octanol–water partition coefficient (Wildman–Crippen LogP) is 4.14. The topological polar surface area (TPSA) is 72.2 Å². The average Bonchev–Trinajstić information content (AvgIpc) is 2.25. The minimum atomic E-state index is -3.89. The highest BCUT2D eigenvalue weighted by Gasteiger charge is 2.22. The van der Waals surface area contributed by atoms with Crippen molar-refractivity contribution in [2.75, 3.05) is 10.5 Å². The van der Waals surface area contributed by atoms with E-state index >= 15 is 0 Å². The van der Waals surface area contributed by atoms with E-state index in [1.165, 1.54) is 12.1 Å². The van der Waals surface area contributed by atoms with Crippen LogP contribution in [0.25, 0.3) is 0 Å². The summed E-state index contributed by atoms with van der Waals surface area (Å²) in [6.07, 6.45) is 0. The molecule has 0 fully saturated rings. The minimum Gasteiger partial charge on any atom is -0.398 e. The molecule has 0 aromatic heterocycles. The fourth-order valence-corrected chi connectivity index (χ4v) is 4.06. The van der Waals surface area contributed by atoms with Gasteiger partial charge in [0.1, 0.15) is 4.90 Å². The van der Waals surface area contributed by atoms with Crippen LogP contribution in [-0.4, -0.2) is 8.42 Å². The van der Waals surface area contributed by atoms with E-state index in [9.17, 15) is 8.42 Å². The van der Waals surface area contributed by atoms with Crippen LogP contribution in [0, 0.1) is 0 Å². The molecule has 3 N–H and O–H groups in total. The number of sulfonamides is 1. The average molecular weight is 396 g/mol. The van der Waals surface area contributed by atoms with Crippen molar-refractivity contribution in [1.29, 1.82) is 0 Å². The lowest BCUT2D eigenvalue weighted by atomic mass is 10.3. The normalized spacial score (nSPS) is 11.3. The molecule has 0 aliphatic carbocycles. The zero-order valence-corrected chi connectivity index (χ0v) is 13.8. The third-order valence-electron chi connectivity index (χ3n) is 2.38. The van der Waals surface area contributed by atoms with E-state index < -0.39 is 10.0 Å². The third kappa shape index (κ3) is 3.38. The molecular weight excluding hydrogens is 387 g/mol. The van der Waals surface area contributed by atoms with Crippen LogP contribution in [0.5, 0.6) is 0 Å². The molecule has 0 amide bonds. The van der Waals surface area contributed by atoms with Gasteiger partial charge < -0.3 is 5.73 Å². The molecule has 4 nitrogen and oxygen atoms in total. The number of hydrogen-bond acceptors (Lipinski definition) is 3. The highest BCUT2D eigenvalue weighted by atomic mass is 79.9. The van der Waals surface area contributed by atoms with Gasteiger partial charge in [-0.15, -0.1) is 0 Å². The summed E-state index contributed by atoms with van der Waals surface area (Å²) in [5, 5.41) is 0.242. The monoisotopic (exact) mass is 394 g/mol. The lowest BCUT2D eigenvalue weighted by molar-refractivity contribution is 0.601. The summed E-state index contributed by atoms with van der Waals surface area (Å²) in [5.41, 5.74) is 6.08. The summed E-state index contributed by atoms with van der Waals surface area (Å²) in [6.45, 7) is 0. The molecule has 0 atom stereocenters. The van der Waals surface area contributed by atoms with E-state index in [0.29, 0.717) is 5.69 Å². The van der Waals surface area contributed by atoms with Gasteiger partial charge in [0.25, 0.3) is 10.0 Å². The van der Waals surface area contributed by atoms with Gasteiger partial charge in [0.05, 0.1) is 10.7 Å². The quantitative estimate of drug-likeness (QED) is 0.767. The molecule has 0 aliphatic heterocycles. The Morgan fingerprint density at radius 2 is 1.85 bits per heavy atom. The molecule has 0 heterocycles. The number of rotatable bonds is 3. The Bertz CT molecular complexity index is 743. The standard InChI is InChI=1S/C12H9BrCl2N2O2S/c13-7-2-1-3-9(4-7)17-20(18,19)12-10(15)5-8(14)6-11(12)16/h1-6,17H,16H2. The summed E-state index contributed by atoms with van der Waals surface area (Å²) >= 11 is 15.0. The SMILES string of the molecule is Nc1cc(Cl)cc(Cl)c1S(=O)(=O)Nc1cccc(Br)c1. The largest absolute Gasteiger partial charge is 0.398 e. The molecule has 8 heteroatoms. The first kappa shape index (κ1) is 15.4. The number of hydrogen-bond donors (Lipinski definition) is 2. The number of halogens is 3. The van der Waals surface area contributed by atoms with E-state index in [2.05, 4.69) is 20.7 Å². The molecule has 20 heavy (non-hydrogen) atoms. The summed E-state index contributed by atoms with van der Waals surface area (Å²) < 4.78 is 27.8. The molecule has 0 bridgehead atoms. The molecule has 0 radical (unpaired) electrons. The predicted molar refractivity (Wildman–Crippen MR) is 85.8 cm³/mol. The molecule has 2 aromatic carbocycles. The van der Waals surface area contributed by atoms with Crippen LogP contribution in [0.2, 0.25) is 10.0 Å². The number of benzene rings is 2. The van der Waals surface area contributed by atoms with E-state index in [4.69, 9.17) is 28.9 Å². The Balaban J connectivity index is 2.46. The first-order chi connectivity index (χ1) is 9.29. The van der Waals surface area contributed by atoms with Crippen LogP contribution in [-0.2, 0) is 10.0 Å². The molecule has 106 valence electrons. The maximum Gasteiger partial charge on any atom is 0.265 e. The van der Waals surface area contributed by atoms with Gasteiger partial charge in [-0.2, -0.15) is 0 Å². The van der Waals surface area contributed by atoms with Crippen LogP contribution < -0.4 is 10.5 Å². The van der Waals surface area contributed by atoms with E-state index in [1.807, 2.05) is 0 Å². The first-order valence-corrected chi connectivity index (χ1v) is 8.36. The summed E-state index contributed by atoms with van der Waals surface area (Å²) in [7, 11) is -3.89. The Kier molecular flexibility index (Phi) is 4.49. The fourth-order valence-electron chi connectivity index (χ4n) is 1.62. The first-order valence-electron chi connectivity index (χ1n) is 5.32. The van der Waals surface area contributed by atoms with Crippen molar-refractivity contribution in [3.8, 4) is 0 Å². The van der Waals surface area contributed by atoms with Crippen LogP contribution in [0.4, 0.5) is 11.4 Å². The van der Waals surface area contributed by atoms with Crippen LogP contribution in [0.3, 0.4) is 0 Å². The molecule has 0 saturated heterocycles. The van der Waals surface area contributed by atoms with Crippen molar-refractivity contribution in [3.63, 3.8) is 0 Å². The molecular formula is C12H9BrCl2N2O2S. The number of nitrogen functional groups attached to an aromatic ring is 1. The van der Waals surface area contributed by atoms with E-state index in [0.717, 1.165) is 4.47 Å². The van der Waals surface area contributed by atoms with Crippen molar-refractivity contribution in [2.45, 2.75) is 4.90 Å². The van der Waals surface area contributed by atoms with E-state index in [-0.39, 0.29) is 20.6 Å². The second-order valence-corrected chi connectivity index (χ2v) is 7.30. The van der Waals surface area contributed by atoms with Gasteiger partial charge in [0.15, 0.2) is 0 Å². The number of nitrogens with one attached hydrogen (secondary N) is 1. The summed E-state index contributed by atoms with van der Waals surface area (Å²) in [5.74, 6) is 0. The molecule has 2 rings (SSSR count). The van der Waals surface area contributed by atoms with Gasteiger partial charge in [-0.05, 0) is 30.3 Å². The van der Waals surface area contributed by atoms with Crippen molar-refractivity contribution in [1.82, 2.24) is 0 Å². The van der Waals surface area contributed by atoms with Crippen LogP contribution >= 0.6 is 39.1 Å². The lowest BCUT2D eigenvalue weighted by Gasteiger charge is -2.12. The molecule has 0 spiro atoms. The van der Waals surface area contributed by atoms with Gasteiger partial charge in [0.2, 0.25) is 0 Å². The molecule has 0 saturated carbocycles. The van der Waals surface area contributed by atoms with Crippen molar-refractivity contribution < 1.29 is 8.42 Å². The maximum absolute atomic E-state index is 12.3. The van der Waals surface area contributed by atoms with Crippen molar-refractivity contribution in [3.05, 3.63) is 50.9 Å². The summed E-state index contributed by atoms with van der Waals surface area (Å²) in [6, 6.07) is 9.38. The van der Waals surface area contributed by atoms with Crippen LogP contribution in [0.1, 0.15) is 0 Å². The highest BCUT2D eigenvalue weighted by molar-refractivity contribution is 9.10. The Labute approximate surface area is 135 Å². The van der Waals surface area contributed by atoms with Gasteiger partial charge in [0, 0.05) is 15.2 Å². The Morgan fingerprint density at radius 3 is 2.45 bits per heavy atom. The van der Waals surface area contributed by atoms with Crippen molar-refractivity contribution in [2.24, 2.45) is 0 Å². The van der Waals surface area contributed by atoms with Gasteiger partial charge in [-0.25, -0.2) is 8.42 Å². The second-order valence-electron chi connectivity index (χ2n) is 3.92.